The number of carbonyl (C=O) groups is 1. The zero-order chi connectivity index (χ0) is 23.7. The molecule has 1 atom stereocenters. The standard InChI is InChI=1S/C25H21ClN6O2/c1-15-21(24(33)29-19-9-5-6-10-20(19)34-2)22(16-11-13-27-14-12-16)32-25(28-15)30-23(31-32)17-7-3-4-8-18(17)26/h3-14,22H,1-2H3,(H,29,33)(H,28,30,31)/t22-/m1/s1. The highest BCUT2D eigenvalue weighted by Gasteiger charge is 2.35. The van der Waals surface area contributed by atoms with Crippen molar-refractivity contribution in [3.63, 3.8) is 0 Å². The number of nitrogens with one attached hydrogen (secondary N) is 2. The summed E-state index contributed by atoms with van der Waals surface area (Å²) in [6.07, 6.45) is 3.38. The first-order chi connectivity index (χ1) is 16.6. The monoisotopic (exact) mass is 472 g/mol. The topological polar surface area (TPSA) is 94.0 Å². The molecular weight excluding hydrogens is 452 g/mol. The maximum atomic E-state index is 13.6. The van der Waals surface area contributed by atoms with Gasteiger partial charge in [0.25, 0.3) is 5.91 Å². The third-order valence-electron chi connectivity index (χ3n) is 5.59. The molecule has 9 heteroatoms. The lowest BCUT2D eigenvalue weighted by Gasteiger charge is -2.28. The number of para-hydroxylation sites is 2. The zero-order valence-corrected chi connectivity index (χ0v) is 19.2. The van der Waals surface area contributed by atoms with Gasteiger partial charge in [0, 0.05) is 23.7 Å². The van der Waals surface area contributed by atoms with E-state index in [1.54, 1.807) is 42.4 Å². The van der Waals surface area contributed by atoms with Crippen LogP contribution in [-0.4, -0.2) is 32.8 Å². The van der Waals surface area contributed by atoms with E-state index in [1.165, 1.54) is 0 Å². The number of methoxy groups -OCH3 is 1. The van der Waals surface area contributed by atoms with Gasteiger partial charge in [0.2, 0.25) is 5.95 Å². The molecule has 5 rings (SSSR count). The van der Waals surface area contributed by atoms with Crippen molar-refractivity contribution < 1.29 is 9.53 Å². The minimum absolute atomic E-state index is 0.281. The first-order valence-electron chi connectivity index (χ1n) is 10.6. The molecule has 4 aromatic rings. The molecule has 2 aromatic carbocycles. The van der Waals surface area contributed by atoms with E-state index in [0.29, 0.717) is 45.1 Å². The summed E-state index contributed by atoms with van der Waals surface area (Å²) in [5, 5.41) is 11.5. The molecule has 1 aliphatic heterocycles. The fourth-order valence-corrected chi connectivity index (χ4v) is 4.21. The third-order valence-corrected chi connectivity index (χ3v) is 5.92. The normalized spacial score (nSPS) is 14.9. The lowest BCUT2D eigenvalue weighted by Crippen LogP contribution is -2.31. The van der Waals surface area contributed by atoms with Crippen molar-refractivity contribution in [2.75, 3.05) is 17.7 Å². The number of benzene rings is 2. The SMILES string of the molecule is COc1ccccc1NC(=O)C1=C(C)Nc2nc(-c3ccccc3Cl)nn2[C@@H]1c1ccncc1. The van der Waals surface area contributed by atoms with Crippen molar-refractivity contribution in [3.8, 4) is 17.1 Å². The Kier molecular flexibility index (Phi) is 5.73. The van der Waals surface area contributed by atoms with Gasteiger partial charge in [-0.3, -0.25) is 9.78 Å². The van der Waals surface area contributed by atoms with Crippen LogP contribution in [0.2, 0.25) is 5.02 Å². The molecule has 0 spiro atoms. The molecule has 2 N–H and O–H groups in total. The molecular formula is C25H21ClN6O2. The Morgan fingerprint density at radius 2 is 1.82 bits per heavy atom. The Morgan fingerprint density at radius 1 is 1.09 bits per heavy atom. The first kappa shape index (κ1) is 21.7. The molecule has 0 unspecified atom stereocenters. The molecule has 8 nitrogen and oxygen atoms in total. The summed E-state index contributed by atoms with van der Waals surface area (Å²) in [5.74, 6) is 1.27. The molecule has 2 aromatic heterocycles. The van der Waals surface area contributed by atoms with Gasteiger partial charge >= 0.3 is 0 Å². The van der Waals surface area contributed by atoms with Crippen LogP contribution in [-0.2, 0) is 4.79 Å². The fraction of sp³-hybridized carbons (Fsp3) is 0.120. The Bertz CT molecular complexity index is 1400. The number of halogens is 1. The molecule has 170 valence electrons. The van der Waals surface area contributed by atoms with E-state index in [4.69, 9.17) is 21.4 Å². The molecule has 1 amide bonds. The fourth-order valence-electron chi connectivity index (χ4n) is 3.99. The number of rotatable bonds is 5. The lowest BCUT2D eigenvalue weighted by atomic mass is 9.96. The Labute approximate surface area is 201 Å². The molecule has 3 heterocycles. The highest BCUT2D eigenvalue weighted by atomic mass is 35.5. The van der Waals surface area contributed by atoms with Crippen LogP contribution in [0.3, 0.4) is 0 Å². The summed E-state index contributed by atoms with van der Waals surface area (Å²) < 4.78 is 7.10. The third kappa shape index (κ3) is 3.88. The van der Waals surface area contributed by atoms with Crippen molar-refractivity contribution in [1.29, 1.82) is 0 Å². The van der Waals surface area contributed by atoms with E-state index in [9.17, 15) is 4.79 Å². The van der Waals surface area contributed by atoms with Crippen LogP contribution in [0.25, 0.3) is 11.4 Å². The quantitative estimate of drug-likeness (QED) is 0.427. The van der Waals surface area contributed by atoms with E-state index in [0.717, 1.165) is 5.56 Å². The number of hydrogen-bond acceptors (Lipinski definition) is 6. The maximum absolute atomic E-state index is 13.6. The van der Waals surface area contributed by atoms with Gasteiger partial charge in [0.05, 0.1) is 23.4 Å². The number of ether oxygens (including phenoxy) is 1. The summed E-state index contributed by atoms with van der Waals surface area (Å²) in [6.45, 7) is 1.85. The van der Waals surface area contributed by atoms with Crippen LogP contribution in [0.4, 0.5) is 11.6 Å². The van der Waals surface area contributed by atoms with Crippen LogP contribution in [0.1, 0.15) is 18.5 Å². The first-order valence-corrected chi connectivity index (χ1v) is 11.0. The van der Waals surface area contributed by atoms with Crippen LogP contribution < -0.4 is 15.4 Å². The van der Waals surface area contributed by atoms with E-state index < -0.39 is 6.04 Å². The summed E-state index contributed by atoms with van der Waals surface area (Å²) in [5.41, 5.74) is 3.29. The average Bonchev–Trinajstić information content (AvgIpc) is 3.27. The summed E-state index contributed by atoms with van der Waals surface area (Å²) >= 11 is 6.40. The van der Waals surface area contributed by atoms with Gasteiger partial charge in [-0.1, -0.05) is 35.9 Å². The Morgan fingerprint density at radius 3 is 2.59 bits per heavy atom. The second-order valence-corrected chi connectivity index (χ2v) is 8.09. The van der Waals surface area contributed by atoms with Crippen molar-refractivity contribution >= 4 is 29.1 Å². The van der Waals surface area contributed by atoms with Crippen LogP contribution >= 0.6 is 11.6 Å². The molecule has 0 aliphatic carbocycles. The number of carbonyl (C=O) groups excluding carboxylic acids is 1. The number of fused-ring (bicyclic) bond motifs is 1. The summed E-state index contributed by atoms with van der Waals surface area (Å²) in [7, 11) is 1.56. The number of nitrogens with zero attached hydrogens (tertiary/aromatic N) is 4. The van der Waals surface area contributed by atoms with Gasteiger partial charge in [0.15, 0.2) is 5.82 Å². The highest BCUT2D eigenvalue weighted by Crippen LogP contribution is 2.38. The maximum Gasteiger partial charge on any atom is 0.255 e. The van der Waals surface area contributed by atoms with Crippen molar-refractivity contribution in [1.82, 2.24) is 19.7 Å². The van der Waals surface area contributed by atoms with Crippen LogP contribution in [0.5, 0.6) is 5.75 Å². The molecule has 0 fully saturated rings. The average molecular weight is 473 g/mol. The van der Waals surface area contributed by atoms with Gasteiger partial charge in [-0.25, -0.2) is 4.68 Å². The van der Waals surface area contributed by atoms with Gasteiger partial charge in [-0.05, 0) is 48.9 Å². The second-order valence-electron chi connectivity index (χ2n) is 7.68. The minimum Gasteiger partial charge on any atom is -0.495 e. The predicted octanol–water partition coefficient (Wildman–Crippen LogP) is 4.93. The number of amides is 1. The van der Waals surface area contributed by atoms with Crippen molar-refractivity contribution in [2.45, 2.75) is 13.0 Å². The molecule has 0 bridgehead atoms. The van der Waals surface area contributed by atoms with E-state index in [2.05, 4.69) is 20.6 Å². The minimum atomic E-state index is -0.530. The lowest BCUT2D eigenvalue weighted by molar-refractivity contribution is -0.113. The Balaban J connectivity index is 1.60. The van der Waals surface area contributed by atoms with Gasteiger partial charge in [0.1, 0.15) is 11.8 Å². The van der Waals surface area contributed by atoms with Crippen LogP contribution in [0.15, 0.2) is 84.3 Å². The molecule has 34 heavy (non-hydrogen) atoms. The molecule has 0 saturated carbocycles. The van der Waals surface area contributed by atoms with E-state index in [1.807, 2.05) is 49.4 Å². The predicted molar refractivity (Wildman–Crippen MR) is 131 cm³/mol. The van der Waals surface area contributed by atoms with Gasteiger partial charge in [-0.2, -0.15) is 4.98 Å². The molecule has 0 saturated heterocycles. The number of hydrogen-bond donors (Lipinski definition) is 2. The second kappa shape index (κ2) is 8.99. The summed E-state index contributed by atoms with van der Waals surface area (Å²) in [4.78, 5) is 22.4. The summed E-state index contributed by atoms with van der Waals surface area (Å²) in [6, 6.07) is 17.8. The smallest absolute Gasteiger partial charge is 0.255 e. The molecule has 0 radical (unpaired) electrons. The highest BCUT2D eigenvalue weighted by molar-refractivity contribution is 6.33. The number of aromatic nitrogens is 4. The number of pyridine rings is 1. The van der Waals surface area contributed by atoms with Crippen molar-refractivity contribution in [2.24, 2.45) is 0 Å². The van der Waals surface area contributed by atoms with Crippen molar-refractivity contribution in [3.05, 3.63) is 94.9 Å². The van der Waals surface area contributed by atoms with Gasteiger partial charge < -0.3 is 15.4 Å². The van der Waals surface area contributed by atoms with Gasteiger partial charge in [-0.15, -0.1) is 5.10 Å². The zero-order valence-electron chi connectivity index (χ0n) is 18.5. The number of allylic oxidation sites excluding steroid dienone is 1. The van der Waals surface area contributed by atoms with Crippen LogP contribution in [0, 0.1) is 0 Å². The van der Waals surface area contributed by atoms with E-state index in [-0.39, 0.29) is 5.91 Å². The Hall–Kier alpha value is -4.17. The molecule has 1 aliphatic rings. The largest absolute Gasteiger partial charge is 0.495 e. The number of anilines is 2. The van der Waals surface area contributed by atoms with E-state index >= 15 is 0 Å².